The van der Waals surface area contributed by atoms with E-state index in [1.54, 1.807) is 0 Å². The molecule has 0 saturated heterocycles. The summed E-state index contributed by atoms with van der Waals surface area (Å²) in [6.07, 6.45) is 1.14. The highest BCUT2D eigenvalue weighted by Gasteiger charge is 2.09. The first-order valence-corrected chi connectivity index (χ1v) is 5.54. The maximum Gasteiger partial charge on any atom is 0.357 e. The molecule has 0 amide bonds. The first-order chi connectivity index (χ1) is 8.54. The molecule has 0 spiro atoms. The molecule has 5 nitrogen and oxygen atoms in total. The number of hydrogen-bond acceptors (Lipinski definition) is 4. The summed E-state index contributed by atoms with van der Waals surface area (Å²) in [7, 11) is 0. The first kappa shape index (κ1) is 12.2. The van der Waals surface area contributed by atoms with Gasteiger partial charge in [0, 0.05) is 5.69 Å². The van der Waals surface area contributed by atoms with Gasteiger partial charge >= 0.3 is 5.97 Å². The third-order valence-electron chi connectivity index (χ3n) is 2.44. The van der Waals surface area contributed by atoms with Crippen molar-refractivity contribution < 1.29 is 14.3 Å². The van der Waals surface area contributed by atoms with Crippen LogP contribution < -0.4 is 5.32 Å². The summed E-state index contributed by atoms with van der Waals surface area (Å²) >= 11 is 0. The molecule has 1 aromatic carbocycles. The van der Waals surface area contributed by atoms with Crippen molar-refractivity contribution in [2.75, 3.05) is 5.32 Å². The highest BCUT2D eigenvalue weighted by Crippen LogP contribution is 2.14. The van der Waals surface area contributed by atoms with Crippen LogP contribution in [0, 0.1) is 13.8 Å². The normalized spacial score (nSPS) is 10.3. The first-order valence-electron chi connectivity index (χ1n) is 5.54. The summed E-state index contributed by atoms with van der Waals surface area (Å²) < 4.78 is 5.05. The van der Waals surface area contributed by atoms with Crippen molar-refractivity contribution in [3.05, 3.63) is 47.2 Å². The molecule has 0 saturated carbocycles. The molecule has 94 valence electrons. The molecule has 0 fully saturated rings. The lowest BCUT2D eigenvalue weighted by Crippen LogP contribution is -2.02. The van der Waals surface area contributed by atoms with Gasteiger partial charge in [-0.3, -0.25) is 0 Å². The third-order valence-corrected chi connectivity index (χ3v) is 2.44. The van der Waals surface area contributed by atoms with E-state index in [4.69, 9.17) is 9.52 Å². The Labute approximate surface area is 104 Å². The van der Waals surface area contributed by atoms with Gasteiger partial charge in [-0.25, -0.2) is 9.78 Å². The van der Waals surface area contributed by atoms with E-state index in [-0.39, 0.29) is 5.69 Å². The molecule has 5 heteroatoms. The summed E-state index contributed by atoms with van der Waals surface area (Å²) in [6.45, 7) is 4.40. The summed E-state index contributed by atoms with van der Waals surface area (Å²) in [4.78, 5) is 14.5. The quantitative estimate of drug-likeness (QED) is 0.867. The van der Waals surface area contributed by atoms with Gasteiger partial charge in [0.05, 0.1) is 6.54 Å². The van der Waals surface area contributed by atoms with Gasteiger partial charge in [-0.05, 0) is 37.1 Å². The van der Waals surface area contributed by atoms with Crippen molar-refractivity contribution in [1.29, 1.82) is 0 Å². The number of aryl methyl sites for hydroxylation is 2. The van der Waals surface area contributed by atoms with Gasteiger partial charge < -0.3 is 14.8 Å². The van der Waals surface area contributed by atoms with E-state index in [1.807, 2.05) is 26.0 Å². The van der Waals surface area contributed by atoms with Crippen molar-refractivity contribution >= 4 is 11.7 Å². The Morgan fingerprint density at radius 3 is 2.56 bits per heavy atom. The molecular formula is C13H14N2O3. The van der Waals surface area contributed by atoms with Crippen LogP contribution in [0.3, 0.4) is 0 Å². The number of carboxylic acid groups (broad SMARTS) is 1. The zero-order valence-corrected chi connectivity index (χ0v) is 10.2. The molecule has 0 bridgehead atoms. The topological polar surface area (TPSA) is 75.4 Å². The fourth-order valence-corrected chi connectivity index (χ4v) is 1.74. The molecule has 1 aromatic heterocycles. The number of rotatable bonds is 4. The van der Waals surface area contributed by atoms with Crippen LogP contribution in [0.15, 0.2) is 28.9 Å². The molecule has 0 radical (unpaired) electrons. The van der Waals surface area contributed by atoms with Crippen molar-refractivity contribution in [2.45, 2.75) is 20.4 Å². The molecule has 0 aliphatic rings. The number of hydrogen-bond donors (Lipinski definition) is 2. The van der Waals surface area contributed by atoms with Gasteiger partial charge in [0.1, 0.15) is 6.26 Å². The summed E-state index contributed by atoms with van der Waals surface area (Å²) in [5.41, 5.74) is 3.21. The van der Waals surface area contributed by atoms with Crippen LogP contribution in [0.5, 0.6) is 0 Å². The third kappa shape index (κ3) is 2.88. The number of carbonyl (C=O) groups is 1. The van der Waals surface area contributed by atoms with Crippen LogP contribution in [-0.4, -0.2) is 16.1 Å². The minimum Gasteiger partial charge on any atom is -0.476 e. The van der Waals surface area contributed by atoms with Gasteiger partial charge in [-0.2, -0.15) is 0 Å². The molecule has 2 rings (SSSR count). The molecule has 2 aromatic rings. The standard InChI is InChI=1S/C13H14N2O3/c1-8-3-9(2)5-10(4-8)14-6-12-15-11(7-18-12)13(16)17/h3-5,7,14H,6H2,1-2H3,(H,16,17). The summed E-state index contributed by atoms with van der Waals surface area (Å²) in [5.74, 6) is -0.733. The Morgan fingerprint density at radius 1 is 1.33 bits per heavy atom. The largest absolute Gasteiger partial charge is 0.476 e. The zero-order chi connectivity index (χ0) is 13.1. The van der Waals surface area contributed by atoms with Crippen molar-refractivity contribution in [3.8, 4) is 0 Å². The molecular weight excluding hydrogens is 232 g/mol. The van der Waals surface area contributed by atoms with Crippen LogP contribution in [0.1, 0.15) is 27.5 Å². The molecule has 2 N–H and O–H groups in total. The molecule has 0 atom stereocenters. The van der Waals surface area contributed by atoms with E-state index >= 15 is 0 Å². The number of nitrogens with zero attached hydrogens (tertiary/aromatic N) is 1. The second kappa shape index (κ2) is 4.91. The van der Waals surface area contributed by atoms with Crippen LogP contribution in [0.25, 0.3) is 0 Å². The van der Waals surface area contributed by atoms with Crippen LogP contribution in [0.4, 0.5) is 5.69 Å². The lowest BCUT2D eigenvalue weighted by atomic mass is 10.1. The Hall–Kier alpha value is -2.30. The molecule has 0 aliphatic heterocycles. The summed E-state index contributed by atoms with van der Waals surface area (Å²) in [6, 6.07) is 6.10. The minimum atomic E-state index is -1.09. The van der Waals surface area contributed by atoms with E-state index in [9.17, 15) is 4.79 Å². The van der Waals surface area contributed by atoms with Crippen LogP contribution in [-0.2, 0) is 6.54 Å². The average molecular weight is 246 g/mol. The molecule has 1 heterocycles. The van der Waals surface area contributed by atoms with E-state index in [2.05, 4.69) is 16.4 Å². The fourth-order valence-electron chi connectivity index (χ4n) is 1.74. The van der Waals surface area contributed by atoms with Gasteiger partial charge in [0.15, 0.2) is 5.69 Å². The van der Waals surface area contributed by atoms with Crippen molar-refractivity contribution in [2.24, 2.45) is 0 Å². The average Bonchev–Trinajstić information content (AvgIpc) is 2.73. The summed E-state index contributed by atoms with van der Waals surface area (Å²) in [5, 5.41) is 11.9. The van der Waals surface area contributed by atoms with E-state index in [1.165, 1.54) is 0 Å². The van der Waals surface area contributed by atoms with E-state index in [0.717, 1.165) is 23.1 Å². The number of anilines is 1. The Kier molecular flexibility index (Phi) is 3.32. The van der Waals surface area contributed by atoms with Crippen molar-refractivity contribution in [3.63, 3.8) is 0 Å². The zero-order valence-electron chi connectivity index (χ0n) is 10.2. The van der Waals surface area contributed by atoms with E-state index < -0.39 is 5.97 Å². The number of aromatic carboxylic acids is 1. The number of nitrogens with one attached hydrogen (secondary N) is 1. The monoisotopic (exact) mass is 246 g/mol. The van der Waals surface area contributed by atoms with Crippen molar-refractivity contribution in [1.82, 2.24) is 4.98 Å². The van der Waals surface area contributed by atoms with Gasteiger partial charge in [0.25, 0.3) is 0 Å². The molecule has 18 heavy (non-hydrogen) atoms. The number of oxazole rings is 1. The second-order valence-corrected chi connectivity index (χ2v) is 4.16. The Bertz CT molecular complexity index is 555. The Balaban J connectivity index is 2.04. The minimum absolute atomic E-state index is 0.0766. The van der Waals surface area contributed by atoms with Crippen LogP contribution >= 0.6 is 0 Å². The number of carboxylic acids is 1. The predicted molar refractivity (Wildman–Crippen MR) is 66.7 cm³/mol. The number of benzene rings is 1. The maximum atomic E-state index is 10.6. The SMILES string of the molecule is Cc1cc(C)cc(NCc2nc(C(=O)O)co2)c1. The maximum absolute atomic E-state index is 10.6. The van der Waals surface area contributed by atoms with Crippen LogP contribution in [0.2, 0.25) is 0 Å². The van der Waals surface area contributed by atoms with Gasteiger partial charge in [0.2, 0.25) is 5.89 Å². The number of aromatic nitrogens is 1. The second-order valence-electron chi connectivity index (χ2n) is 4.16. The predicted octanol–water partition coefficient (Wildman–Crippen LogP) is 2.60. The fraction of sp³-hybridized carbons (Fsp3) is 0.231. The lowest BCUT2D eigenvalue weighted by Gasteiger charge is -2.06. The highest BCUT2D eigenvalue weighted by molar-refractivity contribution is 5.84. The van der Waals surface area contributed by atoms with E-state index in [0.29, 0.717) is 12.4 Å². The molecule has 0 aliphatic carbocycles. The van der Waals surface area contributed by atoms with Gasteiger partial charge in [-0.1, -0.05) is 6.07 Å². The molecule has 0 unspecified atom stereocenters. The smallest absolute Gasteiger partial charge is 0.357 e. The Morgan fingerprint density at radius 2 is 2.00 bits per heavy atom. The lowest BCUT2D eigenvalue weighted by molar-refractivity contribution is 0.0690. The van der Waals surface area contributed by atoms with Gasteiger partial charge in [-0.15, -0.1) is 0 Å². The highest BCUT2D eigenvalue weighted by atomic mass is 16.4.